The van der Waals surface area contributed by atoms with Crippen molar-refractivity contribution in [3.8, 4) is 0 Å². The maximum Gasteiger partial charge on any atom is 0.242 e. The quantitative estimate of drug-likeness (QED) is 0.599. The minimum Gasteiger partial charge on any atom is -0.354 e. The van der Waals surface area contributed by atoms with Crippen molar-refractivity contribution in [2.45, 2.75) is 11.8 Å². The number of benzene rings is 1. The van der Waals surface area contributed by atoms with Gasteiger partial charge < -0.3 is 5.32 Å². The maximum absolute atomic E-state index is 11.6. The van der Waals surface area contributed by atoms with Gasteiger partial charge in [0.05, 0.1) is 5.75 Å². The second-order valence-electron chi connectivity index (χ2n) is 3.78. The van der Waals surface area contributed by atoms with Gasteiger partial charge in [0.2, 0.25) is 15.9 Å². The highest BCUT2D eigenvalue weighted by atomic mass is 35.5. The van der Waals surface area contributed by atoms with Gasteiger partial charge in [0, 0.05) is 6.54 Å². The number of carbonyl (C=O) groups excluding carboxylic acids is 1. The largest absolute Gasteiger partial charge is 0.354 e. The number of halogens is 1. The number of hydrogen-bond acceptors (Lipinski definition) is 3. The molecule has 0 aromatic heterocycles. The minimum absolute atomic E-state index is 0.161. The van der Waals surface area contributed by atoms with Crippen LogP contribution >= 0.6 is 11.6 Å². The molecule has 1 aromatic rings. The summed E-state index contributed by atoms with van der Waals surface area (Å²) in [7, 11) is -3.48. The number of nitrogens with one attached hydrogen (secondary N) is 1. The molecule has 0 saturated heterocycles. The van der Waals surface area contributed by atoms with E-state index in [9.17, 15) is 13.2 Å². The molecule has 1 aromatic carbocycles. The van der Waals surface area contributed by atoms with Crippen LogP contribution in [0.15, 0.2) is 30.3 Å². The number of alkyl halides is 1. The normalized spacial score (nSPS) is 13.0. The highest BCUT2D eigenvalue weighted by Crippen LogP contribution is 2.19. The summed E-state index contributed by atoms with van der Waals surface area (Å²) in [4.78, 5) is 11.6. The minimum atomic E-state index is -3.48. The fourth-order valence-corrected chi connectivity index (χ4v) is 2.12. The van der Waals surface area contributed by atoms with Crippen molar-refractivity contribution in [1.29, 1.82) is 0 Å². The summed E-state index contributed by atoms with van der Waals surface area (Å²) in [6.07, 6.45) is 0.267. The van der Waals surface area contributed by atoms with Crippen LogP contribution in [0.2, 0.25) is 0 Å². The molecule has 0 aliphatic heterocycles. The molecule has 0 spiro atoms. The molecule has 100 valence electrons. The topological polar surface area (TPSA) is 89.3 Å². The molecule has 1 unspecified atom stereocenters. The van der Waals surface area contributed by atoms with Crippen molar-refractivity contribution in [3.05, 3.63) is 35.9 Å². The lowest BCUT2D eigenvalue weighted by molar-refractivity contribution is -0.120. The first-order valence-electron chi connectivity index (χ1n) is 5.37. The van der Waals surface area contributed by atoms with Gasteiger partial charge in [0.1, 0.15) is 5.38 Å². The number of nitrogens with two attached hydrogens (primary N) is 1. The third kappa shape index (κ3) is 5.48. The Balaban J connectivity index is 2.38. The summed E-state index contributed by atoms with van der Waals surface area (Å²) in [5, 5.41) is 6.62. The van der Waals surface area contributed by atoms with Crippen LogP contribution in [-0.2, 0) is 14.8 Å². The Kier molecular flexibility index (Phi) is 5.58. The Morgan fingerprint density at radius 3 is 2.50 bits per heavy atom. The van der Waals surface area contributed by atoms with Gasteiger partial charge >= 0.3 is 0 Å². The summed E-state index contributed by atoms with van der Waals surface area (Å²) in [6.45, 7) is 0.227. The van der Waals surface area contributed by atoms with Crippen molar-refractivity contribution < 1.29 is 13.2 Å². The van der Waals surface area contributed by atoms with E-state index < -0.39 is 15.4 Å². The van der Waals surface area contributed by atoms with Gasteiger partial charge in [-0.1, -0.05) is 30.3 Å². The van der Waals surface area contributed by atoms with Crippen LogP contribution in [0, 0.1) is 0 Å². The van der Waals surface area contributed by atoms with Crippen molar-refractivity contribution in [1.82, 2.24) is 5.32 Å². The molecular weight excluding hydrogens is 276 g/mol. The van der Waals surface area contributed by atoms with Crippen molar-refractivity contribution in [2.24, 2.45) is 5.14 Å². The average Bonchev–Trinajstić information content (AvgIpc) is 2.33. The zero-order chi connectivity index (χ0) is 13.6. The lowest BCUT2D eigenvalue weighted by atomic mass is 10.1. The van der Waals surface area contributed by atoms with Crippen LogP contribution in [0.5, 0.6) is 0 Å². The summed E-state index contributed by atoms with van der Waals surface area (Å²) in [5.74, 6) is -0.511. The fraction of sp³-hybridized carbons (Fsp3) is 0.364. The average molecular weight is 291 g/mol. The number of primary sulfonamides is 1. The second-order valence-corrected chi connectivity index (χ2v) is 5.96. The van der Waals surface area contributed by atoms with E-state index >= 15 is 0 Å². The SMILES string of the molecule is NS(=O)(=O)CCCNC(=O)C(Cl)c1ccccc1. The van der Waals surface area contributed by atoms with Crippen LogP contribution in [0.3, 0.4) is 0 Å². The third-order valence-electron chi connectivity index (χ3n) is 2.23. The Labute approximate surface area is 111 Å². The molecule has 0 radical (unpaired) electrons. The highest BCUT2D eigenvalue weighted by molar-refractivity contribution is 7.89. The number of sulfonamides is 1. The Morgan fingerprint density at radius 1 is 1.33 bits per heavy atom. The molecule has 1 atom stereocenters. The molecule has 3 N–H and O–H groups in total. The molecule has 1 amide bonds. The molecule has 0 fully saturated rings. The fourth-order valence-electron chi connectivity index (χ4n) is 1.35. The zero-order valence-electron chi connectivity index (χ0n) is 9.67. The standard InChI is InChI=1S/C11H15ClN2O3S/c12-10(9-5-2-1-3-6-9)11(15)14-7-4-8-18(13,16)17/h1-3,5-6,10H,4,7-8H2,(H,14,15)(H2,13,16,17). The highest BCUT2D eigenvalue weighted by Gasteiger charge is 2.16. The van der Waals surface area contributed by atoms with Crippen molar-refractivity contribution in [2.75, 3.05) is 12.3 Å². The van der Waals surface area contributed by atoms with E-state index in [2.05, 4.69) is 5.32 Å². The van der Waals surface area contributed by atoms with Crippen LogP contribution < -0.4 is 10.5 Å². The summed E-state index contributed by atoms with van der Waals surface area (Å²) < 4.78 is 21.3. The monoisotopic (exact) mass is 290 g/mol. The summed E-state index contributed by atoms with van der Waals surface area (Å²) in [5.41, 5.74) is 0.697. The van der Waals surface area contributed by atoms with Gasteiger partial charge in [-0.05, 0) is 12.0 Å². The van der Waals surface area contributed by atoms with Gasteiger partial charge in [-0.15, -0.1) is 11.6 Å². The molecule has 18 heavy (non-hydrogen) atoms. The molecule has 0 aliphatic rings. The third-order valence-corrected chi connectivity index (χ3v) is 3.54. The summed E-state index contributed by atoms with van der Waals surface area (Å²) >= 11 is 5.97. The smallest absolute Gasteiger partial charge is 0.242 e. The van der Waals surface area contributed by atoms with E-state index in [1.54, 1.807) is 24.3 Å². The lowest BCUT2D eigenvalue weighted by Crippen LogP contribution is -2.29. The van der Waals surface area contributed by atoms with Crippen LogP contribution in [-0.4, -0.2) is 26.6 Å². The number of hydrogen-bond donors (Lipinski definition) is 2. The van der Waals surface area contributed by atoms with E-state index in [0.29, 0.717) is 5.56 Å². The van der Waals surface area contributed by atoms with Gasteiger partial charge in [-0.3, -0.25) is 4.79 Å². The molecule has 5 nitrogen and oxygen atoms in total. The maximum atomic E-state index is 11.6. The molecule has 0 saturated carbocycles. The van der Waals surface area contributed by atoms with E-state index in [1.807, 2.05) is 6.07 Å². The predicted octanol–water partition coefficient (Wildman–Crippen LogP) is 0.761. The van der Waals surface area contributed by atoms with Crippen molar-refractivity contribution in [3.63, 3.8) is 0 Å². The van der Waals surface area contributed by atoms with Gasteiger partial charge in [0.15, 0.2) is 0 Å². The first kappa shape index (κ1) is 14.9. The van der Waals surface area contributed by atoms with Crippen LogP contribution in [0.4, 0.5) is 0 Å². The Hall–Kier alpha value is -1.11. The second kappa shape index (κ2) is 6.72. The molecule has 1 rings (SSSR count). The van der Waals surface area contributed by atoms with Crippen LogP contribution in [0.1, 0.15) is 17.4 Å². The molecule has 7 heteroatoms. The Bertz CT molecular complexity index is 490. The first-order valence-corrected chi connectivity index (χ1v) is 7.52. The van der Waals surface area contributed by atoms with Gasteiger partial charge in [-0.25, -0.2) is 13.6 Å². The molecule has 0 bridgehead atoms. The van der Waals surface area contributed by atoms with Crippen molar-refractivity contribution >= 4 is 27.5 Å². The van der Waals surface area contributed by atoms with Crippen LogP contribution in [0.25, 0.3) is 0 Å². The van der Waals surface area contributed by atoms with E-state index in [4.69, 9.17) is 16.7 Å². The first-order chi connectivity index (χ1) is 8.40. The number of amides is 1. The molecule has 0 aliphatic carbocycles. The number of carbonyl (C=O) groups is 1. The van der Waals surface area contributed by atoms with E-state index in [-0.39, 0.29) is 24.6 Å². The number of rotatable bonds is 6. The molecule has 0 heterocycles. The summed E-state index contributed by atoms with van der Waals surface area (Å²) in [6, 6.07) is 8.91. The van der Waals surface area contributed by atoms with E-state index in [0.717, 1.165) is 0 Å². The van der Waals surface area contributed by atoms with E-state index in [1.165, 1.54) is 0 Å². The zero-order valence-corrected chi connectivity index (χ0v) is 11.2. The molecular formula is C11H15ClN2O3S. The van der Waals surface area contributed by atoms with Gasteiger partial charge in [0.25, 0.3) is 0 Å². The lowest BCUT2D eigenvalue weighted by Gasteiger charge is -2.10. The Morgan fingerprint density at radius 2 is 1.94 bits per heavy atom. The predicted molar refractivity (Wildman–Crippen MR) is 70.6 cm³/mol. The van der Waals surface area contributed by atoms with Gasteiger partial charge in [-0.2, -0.15) is 0 Å².